The summed E-state index contributed by atoms with van der Waals surface area (Å²) in [4.78, 5) is 1.31. The Morgan fingerprint density at radius 3 is 2.68 bits per heavy atom. The van der Waals surface area contributed by atoms with E-state index in [0.717, 1.165) is 18.8 Å². The standard InChI is InChI=1S/C16H21NOS/c1-2-18-15(12-17)9-10-19-16-8-7-13-5-3-4-6-14(13)11-16/h3-8,11,15H,2,9-10,12,17H2,1H3. The van der Waals surface area contributed by atoms with Gasteiger partial charge in [0.15, 0.2) is 0 Å². The lowest BCUT2D eigenvalue weighted by Crippen LogP contribution is -2.24. The summed E-state index contributed by atoms with van der Waals surface area (Å²) in [6.07, 6.45) is 1.19. The van der Waals surface area contributed by atoms with Crippen molar-refractivity contribution in [1.82, 2.24) is 0 Å². The molecule has 3 heteroatoms. The highest BCUT2D eigenvalue weighted by Crippen LogP contribution is 2.24. The van der Waals surface area contributed by atoms with Crippen molar-refractivity contribution in [2.75, 3.05) is 18.9 Å². The second-order valence-corrected chi connectivity index (χ2v) is 5.63. The molecule has 0 aliphatic heterocycles. The lowest BCUT2D eigenvalue weighted by atomic mass is 10.1. The number of nitrogens with two attached hydrogens (primary N) is 1. The molecule has 2 aromatic rings. The van der Waals surface area contributed by atoms with Gasteiger partial charge in [-0.1, -0.05) is 30.3 Å². The lowest BCUT2D eigenvalue weighted by Gasteiger charge is -2.14. The zero-order chi connectivity index (χ0) is 13.5. The molecule has 2 rings (SSSR count). The highest BCUT2D eigenvalue weighted by molar-refractivity contribution is 7.99. The van der Waals surface area contributed by atoms with Gasteiger partial charge >= 0.3 is 0 Å². The van der Waals surface area contributed by atoms with Crippen LogP contribution < -0.4 is 5.73 Å². The van der Waals surface area contributed by atoms with Gasteiger partial charge in [0, 0.05) is 23.8 Å². The third kappa shape index (κ3) is 4.23. The number of hydrogen-bond acceptors (Lipinski definition) is 3. The number of benzene rings is 2. The first kappa shape index (κ1) is 14.4. The van der Waals surface area contributed by atoms with Crippen molar-refractivity contribution in [3.8, 4) is 0 Å². The number of hydrogen-bond donors (Lipinski definition) is 1. The normalized spacial score (nSPS) is 12.7. The van der Waals surface area contributed by atoms with Crippen LogP contribution in [0.4, 0.5) is 0 Å². The van der Waals surface area contributed by atoms with Crippen LogP contribution in [0.25, 0.3) is 10.8 Å². The van der Waals surface area contributed by atoms with E-state index in [2.05, 4.69) is 42.5 Å². The maximum absolute atomic E-state index is 5.68. The maximum Gasteiger partial charge on any atom is 0.0705 e. The molecule has 2 N–H and O–H groups in total. The van der Waals surface area contributed by atoms with Gasteiger partial charge in [-0.2, -0.15) is 0 Å². The molecule has 19 heavy (non-hydrogen) atoms. The van der Waals surface area contributed by atoms with Crippen LogP contribution in [-0.4, -0.2) is 25.0 Å². The van der Waals surface area contributed by atoms with E-state index in [-0.39, 0.29) is 6.10 Å². The predicted octanol–water partition coefficient (Wildman–Crippen LogP) is 3.69. The smallest absolute Gasteiger partial charge is 0.0705 e. The zero-order valence-corrected chi connectivity index (χ0v) is 12.2. The van der Waals surface area contributed by atoms with Gasteiger partial charge in [0.2, 0.25) is 0 Å². The monoisotopic (exact) mass is 275 g/mol. The quantitative estimate of drug-likeness (QED) is 0.783. The van der Waals surface area contributed by atoms with Crippen LogP contribution >= 0.6 is 11.8 Å². The van der Waals surface area contributed by atoms with E-state index >= 15 is 0 Å². The number of ether oxygens (including phenoxy) is 1. The fraction of sp³-hybridized carbons (Fsp3) is 0.375. The fourth-order valence-corrected chi connectivity index (χ4v) is 3.06. The summed E-state index contributed by atoms with van der Waals surface area (Å²) in [5.74, 6) is 1.04. The SMILES string of the molecule is CCOC(CN)CCSc1ccc2ccccc2c1. The summed E-state index contributed by atoms with van der Waals surface area (Å²) >= 11 is 1.87. The lowest BCUT2D eigenvalue weighted by molar-refractivity contribution is 0.0674. The fourth-order valence-electron chi connectivity index (χ4n) is 2.07. The van der Waals surface area contributed by atoms with Crippen molar-refractivity contribution in [2.45, 2.75) is 24.3 Å². The third-order valence-corrected chi connectivity index (χ3v) is 4.12. The van der Waals surface area contributed by atoms with Gasteiger partial charge in [0.1, 0.15) is 0 Å². The molecule has 0 heterocycles. The molecule has 0 saturated carbocycles. The van der Waals surface area contributed by atoms with Gasteiger partial charge in [-0.25, -0.2) is 0 Å². The van der Waals surface area contributed by atoms with E-state index in [1.54, 1.807) is 0 Å². The Balaban J connectivity index is 1.90. The molecular weight excluding hydrogens is 254 g/mol. The molecule has 0 radical (unpaired) electrons. The summed E-state index contributed by atoms with van der Waals surface area (Å²) in [5.41, 5.74) is 5.68. The van der Waals surface area contributed by atoms with Crippen LogP contribution in [0.15, 0.2) is 47.4 Å². The molecule has 0 saturated heterocycles. The summed E-state index contributed by atoms with van der Waals surface area (Å²) < 4.78 is 5.56. The van der Waals surface area contributed by atoms with E-state index < -0.39 is 0 Å². The molecule has 2 aromatic carbocycles. The highest BCUT2D eigenvalue weighted by Gasteiger charge is 2.06. The van der Waals surface area contributed by atoms with E-state index in [0.29, 0.717) is 6.54 Å². The van der Waals surface area contributed by atoms with E-state index in [1.807, 2.05) is 18.7 Å². The molecule has 1 atom stereocenters. The molecule has 102 valence electrons. The highest BCUT2D eigenvalue weighted by atomic mass is 32.2. The van der Waals surface area contributed by atoms with Crippen molar-refractivity contribution in [1.29, 1.82) is 0 Å². The first-order valence-electron chi connectivity index (χ1n) is 6.76. The molecule has 0 aliphatic carbocycles. The second-order valence-electron chi connectivity index (χ2n) is 4.46. The Kier molecular flexibility index (Phi) is 5.70. The van der Waals surface area contributed by atoms with Crippen LogP contribution in [0, 0.1) is 0 Å². The van der Waals surface area contributed by atoms with Crippen molar-refractivity contribution >= 4 is 22.5 Å². The summed E-state index contributed by atoms with van der Waals surface area (Å²) in [6.45, 7) is 3.35. The van der Waals surface area contributed by atoms with Gasteiger partial charge < -0.3 is 10.5 Å². The third-order valence-electron chi connectivity index (χ3n) is 3.09. The average Bonchev–Trinajstić information content (AvgIpc) is 2.46. The van der Waals surface area contributed by atoms with Crippen LogP contribution in [0.1, 0.15) is 13.3 Å². The van der Waals surface area contributed by atoms with Crippen LogP contribution in [0.5, 0.6) is 0 Å². The Morgan fingerprint density at radius 2 is 1.95 bits per heavy atom. The topological polar surface area (TPSA) is 35.2 Å². The molecule has 0 amide bonds. The van der Waals surface area contributed by atoms with E-state index in [1.165, 1.54) is 15.7 Å². The van der Waals surface area contributed by atoms with Crippen molar-refractivity contribution in [2.24, 2.45) is 5.73 Å². The number of rotatable bonds is 7. The Bertz CT molecular complexity index is 515. The first-order valence-corrected chi connectivity index (χ1v) is 7.75. The molecular formula is C16H21NOS. The Morgan fingerprint density at radius 1 is 1.16 bits per heavy atom. The number of fused-ring (bicyclic) bond motifs is 1. The van der Waals surface area contributed by atoms with Crippen molar-refractivity contribution in [3.63, 3.8) is 0 Å². The molecule has 1 unspecified atom stereocenters. The minimum Gasteiger partial charge on any atom is -0.377 e. The van der Waals surface area contributed by atoms with Crippen molar-refractivity contribution in [3.05, 3.63) is 42.5 Å². The maximum atomic E-state index is 5.68. The average molecular weight is 275 g/mol. The van der Waals surface area contributed by atoms with Crippen LogP contribution in [-0.2, 0) is 4.74 Å². The van der Waals surface area contributed by atoms with Crippen LogP contribution in [0.3, 0.4) is 0 Å². The van der Waals surface area contributed by atoms with Gasteiger partial charge in [-0.15, -0.1) is 11.8 Å². The molecule has 0 aromatic heterocycles. The largest absolute Gasteiger partial charge is 0.377 e. The number of thioether (sulfide) groups is 1. The molecule has 2 nitrogen and oxygen atoms in total. The minimum atomic E-state index is 0.193. The Labute approximate surface area is 119 Å². The van der Waals surface area contributed by atoms with Gasteiger partial charge in [-0.3, -0.25) is 0 Å². The van der Waals surface area contributed by atoms with Gasteiger partial charge in [0.05, 0.1) is 6.10 Å². The summed E-state index contributed by atoms with van der Waals surface area (Å²) in [6, 6.07) is 15.1. The zero-order valence-electron chi connectivity index (χ0n) is 11.3. The minimum absolute atomic E-state index is 0.193. The van der Waals surface area contributed by atoms with E-state index in [9.17, 15) is 0 Å². The first-order chi connectivity index (χ1) is 9.33. The molecule has 0 fully saturated rings. The van der Waals surface area contributed by atoms with Crippen molar-refractivity contribution < 1.29 is 4.74 Å². The second kappa shape index (κ2) is 7.53. The Hall–Kier alpha value is -1.03. The molecule has 0 spiro atoms. The van der Waals surface area contributed by atoms with Crippen LogP contribution in [0.2, 0.25) is 0 Å². The van der Waals surface area contributed by atoms with Gasteiger partial charge in [0.25, 0.3) is 0 Å². The predicted molar refractivity (Wildman–Crippen MR) is 83.8 cm³/mol. The molecule has 0 aliphatic rings. The summed E-state index contributed by atoms with van der Waals surface area (Å²) in [7, 11) is 0. The summed E-state index contributed by atoms with van der Waals surface area (Å²) in [5, 5.41) is 2.59. The van der Waals surface area contributed by atoms with E-state index in [4.69, 9.17) is 10.5 Å². The molecule has 0 bridgehead atoms. The van der Waals surface area contributed by atoms with Gasteiger partial charge in [-0.05, 0) is 36.2 Å².